The molecule has 1 atom stereocenters. The van der Waals surface area contributed by atoms with E-state index >= 15 is 0 Å². The molecule has 0 aromatic carbocycles. The molecule has 1 aliphatic heterocycles. The van der Waals surface area contributed by atoms with Crippen molar-refractivity contribution in [1.82, 2.24) is 9.62 Å². The molecular weight excluding hydrogens is 325 g/mol. The Kier molecular flexibility index (Phi) is 5.71. The molecule has 0 bridgehead atoms. The van der Waals surface area contributed by atoms with Crippen molar-refractivity contribution in [1.29, 1.82) is 0 Å². The van der Waals surface area contributed by atoms with E-state index in [1.807, 2.05) is 0 Å². The third-order valence-corrected chi connectivity index (χ3v) is 4.19. The Morgan fingerprint density at radius 2 is 1.91 bits per heavy atom. The first-order valence-electron chi connectivity index (χ1n) is 6.86. The summed E-state index contributed by atoms with van der Waals surface area (Å²) in [6.07, 6.45) is 0.577. The molecule has 6 nitrogen and oxygen atoms in total. The van der Waals surface area contributed by atoms with Gasteiger partial charge in [-0.15, -0.1) is 0 Å². The number of likely N-dealkylation sites (tertiary alicyclic amines) is 1. The van der Waals surface area contributed by atoms with E-state index in [2.05, 4.69) is 0 Å². The van der Waals surface area contributed by atoms with Gasteiger partial charge in [-0.3, -0.25) is 0 Å². The number of carbonyl (C=O) groups is 1. The number of nitrogens with zero attached hydrogens (tertiary/aromatic N) is 1. The van der Waals surface area contributed by atoms with Gasteiger partial charge in [-0.2, -0.15) is 13.2 Å². The van der Waals surface area contributed by atoms with Crippen LogP contribution in [0.25, 0.3) is 0 Å². The van der Waals surface area contributed by atoms with E-state index in [1.54, 1.807) is 25.5 Å². The van der Waals surface area contributed by atoms with E-state index in [0.717, 1.165) is 0 Å². The highest BCUT2D eigenvalue weighted by atomic mass is 32.2. The molecule has 0 aromatic heterocycles. The summed E-state index contributed by atoms with van der Waals surface area (Å²) in [6.45, 7) is 5.38. The van der Waals surface area contributed by atoms with Crippen LogP contribution in [0.4, 0.5) is 18.0 Å². The molecule has 1 heterocycles. The lowest BCUT2D eigenvalue weighted by Crippen LogP contribution is -2.46. The maximum Gasteiger partial charge on any atom is 0.511 e. The van der Waals surface area contributed by atoms with Crippen LogP contribution in [-0.4, -0.2) is 50.2 Å². The molecule has 1 rings (SSSR count). The number of piperidine rings is 1. The van der Waals surface area contributed by atoms with Crippen molar-refractivity contribution >= 4 is 16.1 Å². The number of rotatable bonds is 3. The van der Waals surface area contributed by atoms with E-state index in [0.29, 0.717) is 19.4 Å². The van der Waals surface area contributed by atoms with Crippen molar-refractivity contribution in [3.63, 3.8) is 0 Å². The van der Waals surface area contributed by atoms with Gasteiger partial charge in [0.25, 0.3) is 0 Å². The Hall–Kier alpha value is -1.03. The maximum absolute atomic E-state index is 12.2. The Bertz CT molecular complexity index is 499. The second kappa shape index (κ2) is 6.61. The number of ether oxygens (including phenoxy) is 1. The molecular formula is C12H21F3N2O4S. The molecule has 1 fully saturated rings. The summed E-state index contributed by atoms with van der Waals surface area (Å²) < 4.78 is 65.4. The van der Waals surface area contributed by atoms with E-state index in [9.17, 15) is 26.4 Å². The number of hydrogen-bond donors (Lipinski definition) is 1. The van der Waals surface area contributed by atoms with Gasteiger partial charge < -0.3 is 9.64 Å². The Balaban J connectivity index is 2.56. The highest BCUT2D eigenvalue weighted by molar-refractivity contribution is 7.90. The lowest BCUT2D eigenvalue weighted by molar-refractivity contribution is -0.0449. The smallest absolute Gasteiger partial charge is 0.444 e. The summed E-state index contributed by atoms with van der Waals surface area (Å²) in [5, 5.41) is 0. The molecule has 0 aromatic rings. The molecule has 1 unspecified atom stereocenters. The van der Waals surface area contributed by atoms with Crippen LogP contribution in [0.1, 0.15) is 33.6 Å². The van der Waals surface area contributed by atoms with Gasteiger partial charge in [-0.1, -0.05) is 0 Å². The number of nitrogens with one attached hydrogen (secondary N) is 1. The van der Waals surface area contributed by atoms with Gasteiger partial charge in [0.2, 0.25) is 0 Å². The van der Waals surface area contributed by atoms with E-state index in [4.69, 9.17) is 4.74 Å². The molecule has 0 aliphatic carbocycles. The van der Waals surface area contributed by atoms with Crippen molar-refractivity contribution in [2.75, 3.05) is 19.6 Å². The number of halogens is 3. The fourth-order valence-electron chi connectivity index (χ4n) is 2.03. The number of amides is 1. The quantitative estimate of drug-likeness (QED) is 0.849. The highest BCUT2D eigenvalue weighted by Gasteiger charge is 2.45. The summed E-state index contributed by atoms with van der Waals surface area (Å²) in [7, 11) is -5.35. The minimum Gasteiger partial charge on any atom is -0.444 e. The summed E-state index contributed by atoms with van der Waals surface area (Å²) >= 11 is 0. The third-order valence-electron chi connectivity index (χ3n) is 3.04. The van der Waals surface area contributed by atoms with Gasteiger partial charge in [0, 0.05) is 19.6 Å². The maximum atomic E-state index is 12.2. The zero-order chi connectivity index (χ0) is 17.2. The monoisotopic (exact) mass is 346 g/mol. The zero-order valence-corrected chi connectivity index (χ0v) is 13.6. The number of hydrogen-bond acceptors (Lipinski definition) is 4. The van der Waals surface area contributed by atoms with Crippen molar-refractivity contribution in [3.8, 4) is 0 Å². The Morgan fingerprint density at radius 3 is 2.41 bits per heavy atom. The molecule has 0 spiro atoms. The predicted molar refractivity (Wildman–Crippen MR) is 73.5 cm³/mol. The fraction of sp³-hybridized carbons (Fsp3) is 0.917. The molecule has 1 saturated heterocycles. The minimum absolute atomic E-state index is 0.162. The van der Waals surface area contributed by atoms with E-state index in [1.165, 1.54) is 4.90 Å². The van der Waals surface area contributed by atoms with Crippen LogP contribution in [0.15, 0.2) is 0 Å². The van der Waals surface area contributed by atoms with Crippen molar-refractivity contribution < 1.29 is 31.1 Å². The lowest BCUT2D eigenvalue weighted by atomic mass is 9.99. The summed E-state index contributed by atoms with van der Waals surface area (Å²) in [4.78, 5) is 13.3. The first-order chi connectivity index (χ1) is 9.82. The zero-order valence-electron chi connectivity index (χ0n) is 12.7. The Labute approximate surface area is 128 Å². The lowest BCUT2D eigenvalue weighted by Gasteiger charge is -2.34. The first-order valence-corrected chi connectivity index (χ1v) is 8.34. The van der Waals surface area contributed by atoms with Crippen LogP contribution in [-0.2, 0) is 14.8 Å². The van der Waals surface area contributed by atoms with Gasteiger partial charge >= 0.3 is 21.6 Å². The van der Waals surface area contributed by atoms with Crippen molar-refractivity contribution in [2.45, 2.75) is 44.7 Å². The van der Waals surface area contributed by atoms with Crippen LogP contribution in [0, 0.1) is 5.92 Å². The number of carbonyl (C=O) groups excluding carboxylic acids is 1. The third kappa shape index (κ3) is 5.64. The van der Waals surface area contributed by atoms with Crippen LogP contribution < -0.4 is 4.72 Å². The minimum atomic E-state index is -5.35. The van der Waals surface area contributed by atoms with Gasteiger partial charge in [0.05, 0.1) is 0 Å². The average Bonchev–Trinajstić information content (AvgIpc) is 2.33. The van der Waals surface area contributed by atoms with E-state index < -0.39 is 27.2 Å². The van der Waals surface area contributed by atoms with Gasteiger partial charge in [-0.25, -0.2) is 17.9 Å². The van der Waals surface area contributed by atoms with Gasteiger partial charge in [0.1, 0.15) is 5.60 Å². The molecule has 10 heteroatoms. The SMILES string of the molecule is CC(C)(C)OC(=O)N1CCCC(CNS(=O)(=O)C(F)(F)F)C1. The summed E-state index contributed by atoms with van der Waals surface area (Å²) in [5.74, 6) is -0.376. The highest BCUT2D eigenvalue weighted by Crippen LogP contribution is 2.23. The molecule has 0 saturated carbocycles. The summed E-state index contributed by atoms with van der Waals surface area (Å²) in [6, 6.07) is 0. The molecule has 1 N–H and O–H groups in total. The second-order valence-corrected chi connectivity index (χ2v) is 7.99. The molecule has 0 radical (unpaired) electrons. The van der Waals surface area contributed by atoms with Crippen molar-refractivity contribution in [2.24, 2.45) is 5.92 Å². The largest absolute Gasteiger partial charge is 0.511 e. The Morgan fingerprint density at radius 1 is 1.32 bits per heavy atom. The average molecular weight is 346 g/mol. The predicted octanol–water partition coefficient (Wildman–Crippen LogP) is 2.07. The molecule has 1 amide bonds. The van der Waals surface area contributed by atoms with Crippen molar-refractivity contribution in [3.05, 3.63) is 0 Å². The van der Waals surface area contributed by atoms with Gasteiger partial charge in [-0.05, 0) is 39.5 Å². The normalized spacial score (nSPS) is 20.8. The van der Waals surface area contributed by atoms with Crippen LogP contribution >= 0.6 is 0 Å². The first kappa shape index (κ1) is 19.0. The second-order valence-electron chi connectivity index (χ2n) is 6.23. The van der Waals surface area contributed by atoms with Crippen LogP contribution in [0.5, 0.6) is 0 Å². The molecule has 22 heavy (non-hydrogen) atoms. The number of sulfonamides is 1. The summed E-state index contributed by atoms with van der Waals surface area (Å²) in [5.41, 5.74) is -5.99. The molecule has 130 valence electrons. The van der Waals surface area contributed by atoms with Gasteiger partial charge in [0.15, 0.2) is 0 Å². The van der Waals surface area contributed by atoms with Crippen LogP contribution in [0.3, 0.4) is 0 Å². The standard InChI is InChI=1S/C12H21F3N2O4S/c1-11(2,3)21-10(18)17-6-4-5-9(8-17)7-16-22(19,20)12(13,14)15/h9,16H,4-8H2,1-3H3. The number of alkyl halides is 3. The van der Waals surface area contributed by atoms with E-state index in [-0.39, 0.29) is 19.0 Å². The topological polar surface area (TPSA) is 75.7 Å². The fourth-order valence-corrected chi connectivity index (χ4v) is 2.65. The van der Waals surface area contributed by atoms with Crippen LogP contribution in [0.2, 0.25) is 0 Å². The molecule has 1 aliphatic rings.